The van der Waals surface area contributed by atoms with Gasteiger partial charge in [0.15, 0.2) is 0 Å². The van der Waals surface area contributed by atoms with E-state index in [0.717, 1.165) is 0 Å². The Bertz CT molecular complexity index is 609. The van der Waals surface area contributed by atoms with Gasteiger partial charge < -0.3 is 9.47 Å². The summed E-state index contributed by atoms with van der Waals surface area (Å²) in [5.74, 6) is -0.539. The van der Waals surface area contributed by atoms with Crippen LogP contribution in [0.25, 0.3) is 0 Å². The Hall–Kier alpha value is -2.29. The second kappa shape index (κ2) is 6.93. The molecule has 116 valence electrons. The Kier molecular flexibility index (Phi) is 5.53. The SMILES string of the molecule is COC(=O)c1ccc(NS(=O)(=O)NC(=O)OC(C)C)cc1. The lowest BCUT2D eigenvalue weighted by Gasteiger charge is -2.11. The van der Waals surface area contributed by atoms with Crippen LogP contribution in [-0.2, 0) is 19.7 Å². The minimum atomic E-state index is -4.11. The number of nitrogens with one attached hydrogen (secondary N) is 2. The summed E-state index contributed by atoms with van der Waals surface area (Å²) in [5.41, 5.74) is 0.445. The second-order valence-corrected chi connectivity index (χ2v) is 5.65. The van der Waals surface area contributed by atoms with Gasteiger partial charge in [0.25, 0.3) is 0 Å². The second-order valence-electron chi connectivity index (χ2n) is 4.23. The Morgan fingerprint density at radius 1 is 1.14 bits per heavy atom. The third kappa shape index (κ3) is 5.69. The van der Waals surface area contributed by atoms with Crippen molar-refractivity contribution in [2.24, 2.45) is 0 Å². The largest absolute Gasteiger partial charge is 0.465 e. The molecule has 1 aromatic carbocycles. The number of ether oxygens (including phenoxy) is 2. The lowest BCUT2D eigenvalue weighted by atomic mass is 10.2. The van der Waals surface area contributed by atoms with Gasteiger partial charge in [0.2, 0.25) is 0 Å². The summed E-state index contributed by atoms with van der Waals surface area (Å²) in [6, 6.07) is 5.49. The number of benzene rings is 1. The number of hydrogen-bond acceptors (Lipinski definition) is 6. The molecule has 0 aliphatic carbocycles. The minimum absolute atomic E-state index is 0.174. The van der Waals surface area contributed by atoms with Crippen LogP contribution in [0.4, 0.5) is 10.5 Å². The van der Waals surface area contributed by atoms with Crippen LogP contribution >= 0.6 is 0 Å². The molecular formula is C12H16N2O6S. The molecule has 0 saturated heterocycles. The average Bonchev–Trinajstić information content (AvgIpc) is 2.36. The number of rotatable bonds is 5. The molecule has 0 heterocycles. The standard InChI is InChI=1S/C12H16N2O6S/c1-8(2)20-12(16)14-21(17,18)13-10-6-4-9(5-7-10)11(15)19-3/h4-8,13H,1-3H3,(H,14,16). The number of amides is 1. The van der Waals surface area contributed by atoms with Crippen molar-refractivity contribution < 1.29 is 27.5 Å². The zero-order valence-electron chi connectivity index (χ0n) is 11.7. The first kappa shape index (κ1) is 16.8. The smallest absolute Gasteiger partial charge is 0.422 e. The number of anilines is 1. The van der Waals surface area contributed by atoms with E-state index in [1.165, 1.54) is 31.4 Å². The highest BCUT2D eigenvalue weighted by atomic mass is 32.2. The molecule has 0 aliphatic heterocycles. The quantitative estimate of drug-likeness (QED) is 0.791. The minimum Gasteiger partial charge on any atom is -0.465 e. The number of methoxy groups -OCH3 is 1. The zero-order valence-corrected chi connectivity index (χ0v) is 12.6. The summed E-state index contributed by atoms with van der Waals surface area (Å²) in [7, 11) is -2.87. The highest BCUT2D eigenvalue weighted by molar-refractivity contribution is 7.91. The molecule has 0 aromatic heterocycles. The van der Waals surface area contributed by atoms with E-state index in [1.807, 2.05) is 0 Å². The van der Waals surface area contributed by atoms with E-state index in [2.05, 4.69) is 14.2 Å². The highest BCUT2D eigenvalue weighted by Crippen LogP contribution is 2.11. The van der Waals surface area contributed by atoms with Crippen LogP contribution in [0.2, 0.25) is 0 Å². The molecule has 0 saturated carbocycles. The molecular weight excluding hydrogens is 300 g/mol. The summed E-state index contributed by atoms with van der Waals surface area (Å²) >= 11 is 0. The van der Waals surface area contributed by atoms with E-state index in [4.69, 9.17) is 0 Å². The van der Waals surface area contributed by atoms with Gasteiger partial charge in [0.05, 0.1) is 24.5 Å². The molecule has 1 amide bonds. The maximum absolute atomic E-state index is 11.7. The molecule has 8 nitrogen and oxygen atoms in total. The fourth-order valence-corrected chi connectivity index (χ4v) is 2.09. The van der Waals surface area contributed by atoms with Crippen molar-refractivity contribution in [3.63, 3.8) is 0 Å². The van der Waals surface area contributed by atoms with E-state index in [1.54, 1.807) is 18.6 Å². The molecule has 0 radical (unpaired) electrons. The van der Waals surface area contributed by atoms with Crippen molar-refractivity contribution in [2.45, 2.75) is 20.0 Å². The predicted molar refractivity (Wildman–Crippen MR) is 75.1 cm³/mol. The Balaban J connectivity index is 2.71. The Labute approximate surface area is 122 Å². The zero-order chi connectivity index (χ0) is 16.0. The van der Waals surface area contributed by atoms with Gasteiger partial charge in [0.1, 0.15) is 0 Å². The molecule has 21 heavy (non-hydrogen) atoms. The molecule has 0 fully saturated rings. The molecule has 0 spiro atoms. The molecule has 0 aliphatic rings. The summed E-state index contributed by atoms with van der Waals surface area (Å²) < 4.78 is 36.3. The van der Waals surface area contributed by atoms with E-state index in [9.17, 15) is 18.0 Å². The number of carbonyl (C=O) groups is 2. The molecule has 0 bridgehead atoms. The van der Waals surface area contributed by atoms with Crippen molar-refractivity contribution in [2.75, 3.05) is 11.8 Å². The molecule has 2 N–H and O–H groups in total. The third-order valence-electron chi connectivity index (χ3n) is 2.12. The summed E-state index contributed by atoms with van der Waals surface area (Å²) in [6.07, 6.45) is -1.52. The van der Waals surface area contributed by atoms with Gasteiger partial charge in [-0.2, -0.15) is 8.42 Å². The van der Waals surface area contributed by atoms with Crippen LogP contribution in [0.5, 0.6) is 0 Å². The maximum Gasteiger partial charge on any atom is 0.422 e. The van der Waals surface area contributed by atoms with Crippen LogP contribution in [0.15, 0.2) is 24.3 Å². The van der Waals surface area contributed by atoms with Crippen LogP contribution in [0.3, 0.4) is 0 Å². The summed E-state index contributed by atoms with van der Waals surface area (Å²) in [4.78, 5) is 22.5. The monoisotopic (exact) mass is 316 g/mol. The lowest BCUT2D eigenvalue weighted by Crippen LogP contribution is -2.36. The fourth-order valence-electron chi connectivity index (χ4n) is 1.32. The van der Waals surface area contributed by atoms with Crippen LogP contribution in [0, 0.1) is 0 Å². The molecule has 0 unspecified atom stereocenters. The fraction of sp³-hybridized carbons (Fsp3) is 0.333. The lowest BCUT2D eigenvalue weighted by molar-refractivity contribution is 0.0600. The first-order valence-electron chi connectivity index (χ1n) is 5.93. The maximum atomic E-state index is 11.7. The van der Waals surface area contributed by atoms with E-state index < -0.39 is 28.4 Å². The van der Waals surface area contributed by atoms with Gasteiger partial charge in [-0.05, 0) is 38.1 Å². The van der Waals surface area contributed by atoms with E-state index in [-0.39, 0.29) is 11.3 Å². The van der Waals surface area contributed by atoms with Crippen molar-refractivity contribution in [1.82, 2.24) is 4.72 Å². The van der Waals surface area contributed by atoms with Crippen molar-refractivity contribution >= 4 is 28.0 Å². The number of hydrogen-bond donors (Lipinski definition) is 2. The summed E-state index contributed by atoms with van der Waals surface area (Å²) in [5, 5.41) is 0. The van der Waals surface area contributed by atoms with Crippen LogP contribution in [-0.4, -0.2) is 33.7 Å². The van der Waals surface area contributed by atoms with E-state index in [0.29, 0.717) is 0 Å². The number of carbonyl (C=O) groups excluding carboxylic acids is 2. The Morgan fingerprint density at radius 2 is 1.71 bits per heavy atom. The number of esters is 1. The van der Waals surface area contributed by atoms with Crippen molar-refractivity contribution in [3.05, 3.63) is 29.8 Å². The van der Waals surface area contributed by atoms with Crippen molar-refractivity contribution in [1.29, 1.82) is 0 Å². The topological polar surface area (TPSA) is 111 Å². The molecule has 1 rings (SSSR count). The van der Waals surface area contributed by atoms with Gasteiger partial charge in [-0.25, -0.2) is 14.3 Å². The first-order valence-corrected chi connectivity index (χ1v) is 7.41. The predicted octanol–water partition coefficient (Wildman–Crippen LogP) is 1.26. The van der Waals surface area contributed by atoms with Crippen molar-refractivity contribution in [3.8, 4) is 0 Å². The van der Waals surface area contributed by atoms with Crippen LogP contribution < -0.4 is 9.44 Å². The molecule has 0 atom stereocenters. The van der Waals surface area contributed by atoms with Gasteiger partial charge in [0, 0.05) is 0 Å². The van der Waals surface area contributed by atoms with Gasteiger partial charge in [-0.15, -0.1) is 0 Å². The van der Waals surface area contributed by atoms with Gasteiger partial charge in [-0.1, -0.05) is 0 Å². The highest BCUT2D eigenvalue weighted by Gasteiger charge is 2.16. The third-order valence-corrected chi connectivity index (χ3v) is 3.06. The Morgan fingerprint density at radius 3 is 2.19 bits per heavy atom. The van der Waals surface area contributed by atoms with Gasteiger partial charge >= 0.3 is 22.3 Å². The van der Waals surface area contributed by atoms with Crippen LogP contribution in [0.1, 0.15) is 24.2 Å². The normalized spacial score (nSPS) is 10.9. The first-order chi connectivity index (χ1) is 9.73. The average molecular weight is 316 g/mol. The van der Waals surface area contributed by atoms with Gasteiger partial charge in [-0.3, -0.25) is 4.72 Å². The summed E-state index contributed by atoms with van der Waals surface area (Å²) in [6.45, 7) is 3.18. The molecule has 9 heteroatoms. The van der Waals surface area contributed by atoms with E-state index >= 15 is 0 Å². The molecule has 1 aromatic rings.